The van der Waals surface area contributed by atoms with Crippen LogP contribution in [0.3, 0.4) is 0 Å². The summed E-state index contributed by atoms with van der Waals surface area (Å²) in [7, 11) is 1.60. The number of hydrogen-bond acceptors (Lipinski definition) is 3. The van der Waals surface area contributed by atoms with Gasteiger partial charge in [-0.3, -0.25) is 4.90 Å². The molecule has 1 rings (SSSR count). The minimum Gasteiger partial charge on any atom is -0.356 e. The van der Waals surface area contributed by atoms with Crippen molar-refractivity contribution in [3.8, 4) is 0 Å². The molecule has 1 aromatic rings. The smallest absolute Gasteiger partial charge is 0.356 e. The Kier molecular flexibility index (Phi) is 2.87. The van der Waals surface area contributed by atoms with Gasteiger partial charge in [0.1, 0.15) is 0 Å². The van der Waals surface area contributed by atoms with E-state index in [0.29, 0.717) is 0 Å². The molecule has 0 aliphatic carbocycles. The standard InChI is InChI=1S/C9H12N2O2/c1-7-4-3-5-8(6-7)11(2)9(12)13-10/h3-6H,10H2,1-2H3. The van der Waals surface area contributed by atoms with Crippen LogP contribution in [0.25, 0.3) is 0 Å². The van der Waals surface area contributed by atoms with Gasteiger partial charge >= 0.3 is 6.09 Å². The third-order valence-electron chi connectivity index (χ3n) is 1.76. The van der Waals surface area contributed by atoms with E-state index in [-0.39, 0.29) is 0 Å². The highest BCUT2D eigenvalue weighted by Gasteiger charge is 2.10. The van der Waals surface area contributed by atoms with E-state index >= 15 is 0 Å². The summed E-state index contributed by atoms with van der Waals surface area (Å²) in [4.78, 5) is 16.4. The number of amides is 1. The molecule has 0 aromatic heterocycles. The van der Waals surface area contributed by atoms with Crippen molar-refractivity contribution in [2.45, 2.75) is 6.92 Å². The highest BCUT2D eigenvalue weighted by molar-refractivity contribution is 5.86. The normalized spacial score (nSPS) is 9.46. The maximum atomic E-state index is 11.0. The molecule has 1 amide bonds. The predicted octanol–water partition coefficient (Wildman–Crippen LogP) is 1.44. The van der Waals surface area contributed by atoms with Crippen molar-refractivity contribution in [2.75, 3.05) is 11.9 Å². The van der Waals surface area contributed by atoms with Gasteiger partial charge in [-0.25, -0.2) is 4.79 Å². The molecule has 2 N–H and O–H groups in total. The topological polar surface area (TPSA) is 55.6 Å². The summed E-state index contributed by atoms with van der Waals surface area (Å²) in [6.07, 6.45) is -0.578. The van der Waals surface area contributed by atoms with Crippen LogP contribution in [0.5, 0.6) is 0 Å². The molecule has 0 heterocycles. The fourth-order valence-corrected chi connectivity index (χ4v) is 1.02. The Morgan fingerprint density at radius 2 is 2.23 bits per heavy atom. The van der Waals surface area contributed by atoms with E-state index in [2.05, 4.69) is 4.84 Å². The summed E-state index contributed by atoms with van der Waals surface area (Å²) in [5.41, 5.74) is 1.84. The fourth-order valence-electron chi connectivity index (χ4n) is 1.02. The summed E-state index contributed by atoms with van der Waals surface area (Å²) >= 11 is 0. The van der Waals surface area contributed by atoms with E-state index < -0.39 is 6.09 Å². The lowest BCUT2D eigenvalue weighted by molar-refractivity contribution is 0.157. The quantitative estimate of drug-likeness (QED) is 0.665. The van der Waals surface area contributed by atoms with Gasteiger partial charge in [0.05, 0.1) is 0 Å². The maximum Gasteiger partial charge on any atom is 0.432 e. The van der Waals surface area contributed by atoms with E-state index in [9.17, 15) is 4.79 Å². The van der Waals surface area contributed by atoms with Crippen LogP contribution in [0.2, 0.25) is 0 Å². The molecule has 70 valence electrons. The Hall–Kier alpha value is -1.55. The maximum absolute atomic E-state index is 11.0. The third-order valence-corrected chi connectivity index (χ3v) is 1.76. The average molecular weight is 180 g/mol. The number of anilines is 1. The molecule has 0 saturated carbocycles. The van der Waals surface area contributed by atoms with Gasteiger partial charge < -0.3 is 4.84 Å². The van der Waals surface area contributed by atoms with Crippen molar-refractivity contribution >= 4 is 11.8 Å². The largest absolute Gasteiger partial charge is 0.432 e. The molecule has 0 unspecified atom stereocenters. The molecule has 0 atom stereocenters. The average Bonchev–Trinajstić information content (AvgIpc) is 2.15. The Morgan fingerprint density at radius 3 is 2.77 bits per heavy atom. The van der Waals surface area contributed by atoms with E-state index in [0.717, 1.165) is 11.3 Å². The molecule has 0 radical (unpaired) electrons. The number of benzene rings is 1. The van der Waals surface area contributed by atoms with Crippen molar-refractivity contribution in [3.63, 3.8) is 0 Å². The minimum atomic E-state index is -0.578. The van der Waals surface area contributed by atoms with E-state index in [1.807, 2.05) is 31.2 Å². The lowest BCUT2D eigenvalue weighted by Crippen LogP contribution is -2.29. The molecule has 4 nitrogen and oxygen atoms in total. The number of hydrogen-bond donors (Lipinski definition) is 1. The van der Waals surface area contributed by atoms with Crippen molar-refractivity contribution in [2.24, 2.45) is 5.90 Å². The lowest BCUT2D eigenvalue weighted by atomic mass is 10.2. The second-order valence-corrected chi connectivity index (χ2v) is 2.78. The van der Waals surface area contributed by atoms with Crippen molar-refractivity contribution in [1.82, 2.24) is 0 Å². The highest BCUT2D eigenvalue weighted by atomic mass is 16.7. The van der Waals surface area contributed by atoms with Gasteiger partial charge in [-0.2, -0.15) is 5.90 Å². The SMILES string of the molecule is Cc1cccc(N(C)C(=O)ON)c1. The lowest BCUT2D eigenvalue weighted by Gasteiger charge is -2.14. The molecule has 0 saturated heterocycles. The molecule has 13 heavy (non-hydrogen) atoms. The summed E-state index contributed by atoms with van der Waals surface area (Å²) in [5, 5.41) is 0. The van der Waals surface area contributed by atoms with E-state index in [1.54, 1.807) is 7.05 Å². The van der Waals surface area contributed by atoms with Gasteiger partial charge in [0.15, 0.2) is 0 Å². The zero-order valence-corrected chi connectivity index (χ0v) is 7.65. The molecule has 0 spiro atoms. The molecule has 4 heteroatoms. The van der Waals surface area contributed by atoms with Gasteiger partial charge in [0.25, 0.3) is 0 Å². The number of aryl methyl sites for hydroxylation is 1. The zero-order valence-electron chi connectivity index (χ0n) is 7.65. The summed E-state index contributed by atoms with van der Waals surface area (Å²) < 4.78 is 0. The molecule has 1 aromatic carbocycles. The molecule has 0 fully saturated rings. The van der Waals surface area contributed by atoms with E-state index in [1.165, 1.54) is 4.90 Å². The first kappa shape index (κ1) is 9.54. The van der Waals surface area contributed by atoms with Crippen LogP contribution in [0.4, 0.5) is 10.5 Å². The Labute approximate surface area is 76.9 Å². The number of nitrogens with zero attached hydrogens (tertiary/aromatic N) is 1. The fraction of sp³-hybridized carbons (Fsp3) is 0.222. The monoisotopic (exact) mass is 180 g/mol. The van der Waals surface area contributed by atoms with Gasteiger partial charge in [0, 0.05) is 12.7 Å². The Morgan fingerprint density at radius 1 is 1.54 bits per heavy atom. The second-order valence-electron chi connectivity index (χ2n) is 2.78. The van der Waals surface area contributed by atoms with Crippen LogP contribution >= 0.6 is 0 Å². The van der Waals surface area contributed by atoms with Crippen molar-refractivity contribution in [1.29, 1.82) is 0 Å². The van der Waals surface area contributed by atoms with Crippen molar-refractivity contribution < 1.29 is 9.63 Å². The first-order chi connectivity index (χ1) is 6.15. The summed E-state index contributed by atoms with van der Waals surface area (Å²) in [6, 6.07) is 7.50. The third kappa shape index (κ3) is 2.19. The molecule has 0 aliphatic rings. The predicted molar refractivity (Wildman–Crippen MR) is 50.3 cm³/mol. The van der Waals surface area contributed by atoms with Crippen LogP contribution in [0.1, 0.15) is 5.56 Å². The number of nitrogens with two attached hydrogens (primary N) is 1. The zero-order chi connectivity index (χ0) is 9.84. The Bertz CT molecular complexity index is 312. The molecule has 0 aliphatic heterocycles. The van der Waals surface area contributed by atoms with Crippen LogP contribution in [0, 0.1) is 6.92 Å². The summed E-state index contributed by atoms with van der Waals surface area (Å²) in [6.45, 7) is 1.95. The minimum absolute atomic E-state index is 0.578. The van der Waals surface area contributed by atoms with Crippen LogP contribution in [-0.2, 0) is 4.84 Å². The summed E-state index contributed by atoms with van der Waals surface area (Å²) in [5.74, 6) is 4.76. The Balaban J connectivity index is 2.88. The molecular weight excluding hydrogens is 168 g/mol. The number of carbonyl (C=O) groups is 1. The van der Waals surface area contributed by atoms with Crippen LogP contribution < -0.4 is 10.8 Å². The number of carbonyl (C=O) groups excluding carboxylic acids is 1. The van der Waals surface area contributed by atoms with Gasteiger partial charge in [-0.1, -0.05) is 12.1 Å². The van der Waals surface area contributed by atoms with Gasteiger partial charge in [0.2, 0.25) is 0 Å². The first-order valence-electron chi connectivity index (χ1n) is 3.86. The van der Waals surface area contributed by atoms with Gasteiger partial charge in [-0.15, -0.1) is 0 Å². The van der Waals surface area contributed by atoms with Crippen molar-refractivity contribution in [3.05, 3.63) is 29.8 Å². The molecular formula is C9H12N2O2. The van der Waals surface area contributed by atoms with Crippen LogP contribution in [0.15, 0.2) is 24.3 Å². The highest BCUT2D eigenvalue weighted by Crippen LogP contribution is 2.14. The van der Waals surface area contributed by atoms with Gasteiger partial charge in [-0.05, 0) is 24.6 Å². The second kappa shape index (κ2) is 3.91. The first-order valence-corrected chi connectivity index (χ1v) is 3.86. The molecule has 0 bridgehead atoms. The van der Waals surface area contributed by atoms with E-state index in [4.69, 9.17) is 5.90 Å². The number of rotatable bonds is 1. The van der Waals surface area contributed by atoms with Crippen LogP contribution in [-0.4, -0.2) is 13.1 Å².